The maximum Gasteiger partial charge on any atom is 0.411 e. The summed E-state index contributed by atoms with van der Waals surface area (Å²) >= 11 is 0. The highest BCUT2D eigenvalue weighted by molar-refractivity contribution is 6.74. The number of hydrogen-bond donors (Lipinski definition) is 1. The number of ether oxygens (including phenoxy) is 4. The van der Waals surface area contributed by atoms with Crippen molar-refractivity contribution in [1.82, 2.24) is 9.88 Å². The normalized spacial score (nSPS) is 19.3. The molecule has 11 heteroatoms. The number of carbonyl (C=O) groups excluding carboxylic acids is 1. The van der Waals surface area contributed by atoms with Gasteiger partial charge >= 0.3 is 12.1 Å². The third kappa shape index (κ3) is 9.40. The van der Waals surface area contributed by atoms with Crippen molar-refractivity contribution in [3.05, 3.63) is 29.8 Å². The number of nitrogens with zero attached hydrogens (tertiary/aromatic N) is 2. The van der Waals surface area contributed by atoms with E-state index in [9.17, 15) is 14.7 Å². The van der Waals surface area contributed by atoms with E-state index in [1.165, 1.54) is 11.8 Å². The molecule has 0 bridgehead atoms. The molecule has 1 aliphatic heterocycles. The zero-order valence-electron chi connectivity index (χ0n) is 30.7. The highest BCUT2D eigenvalue weighted by Crippen LogP contribution is 2.40. The van der Waals surface area contributed by atoms with Crippen molar-refractivity contribution in [2.24, 2.45) is 5.41 Å². The van der Waals surface area contributed by atoms with Crippen molar-refractivity contribution in [2.75, 3.05) is 26.9 Å². The van der Waals surface area contributed by atoms with Crippen LogP contribution in [-0.2, 0) is 14.0 Å². The first-order chi connectivity index (χ1) is 21.5. The van der Waals surface area contributed by atoms with Crippen LogP contribution in [0.1, 0.15) is 87.6 Å². The molecular weight excluding hydrogens is 616 g/mol. The zero-order chi connectivity index (χ0) is 35.6. The largest absolute Gasteiger partial charge is 0.496 e. The molecule has 2 atom stereocenters. The molecule has 0 saturated carbocycles. The minimum Gasteiger partial charge on any atom is -0.496 e. The lowest BCUT2D eigenvalue weighted by Gasteiger charge is -2.38. The van der Waals surface area contributed by atoms with E-state index >= 15 is 0 Å². The van der Waals surface area contributed by atoms with Gasteiger partial charge in [-0.15, -0.1) is 0 Å². The number of carboxylic acids is 1. The van der Waals surface area contributed by atoms with Crippen LogP contribution < -0.4 is 14.2 Å². The Kier molecular flexibility index (Phi) is 11.4. The molecule has 2 heterocycles. The lowest BCUT2D eigenvalue weighted by Crippen LogP contribution is -2.52. The average Bonchev–Trinajstić information content (AvgIpc) is 3.28. The van der Waals surface area contributed by atoms with E-state index in [1.54, 1.807) is 33.9 Å². The third-order valence-electron chi connectivity index (χ3n) is 8.96. The molecular formula is C36H56N2O8Si. The maximum absolute atomic E-state index is 13.1. The van der Waals surface area contributed by atoms with Crippen LogP contribution in [0, 0.1) is 5.41 Å². The van der Waals surface area contributed by atoms with Crippen LogP contribution in [0.3, 0.4) is 0 Å². The lowest BCUT2D eigenvalue weighted by atomic mass is 9.90. The summed E-state index contributed by atoms with van der Waals surface area (Å²) in [5, 5.41) is 11.0. The summed E-state index contributed by atoms with van der Waals surface area (Å²) in [7, 11) is -0.248. The molecule has 0 radical (unpaired) electrons. The summed E-state index contributed by atoms with van der Waals surface area (Å²) < 4.78 is 30.1. The molecule has 1 amide bonds. The van der Waals surface area contributed by atoms with Crippen molar-refractivity contribution in [1.29, 1.82) is 0 Å². The van der Waals surface area contributed by atoms with Crippen LogP contribution in [0.4, 0.5) is 4.79 Å². The number of aromatic nitrogens is 1. The molecule has 1 aliphatic rings. The third-order valence-corrected chi connectivity index (χ3v) is 13.4. The van der Waals surface area contributed by atoms with Crippen LogP contribution in [0.15, 0.2) is 24.3 Å². The monoisotopic (exact) mass is 672 g/mol. The van der Waals surface area contributed by atoms with Crippen molar-refractivity contribution >= 4 is 37.4 Å². The summed E-state index contributed by atoms with van der Waals surface area (Å²) in [4.78, 5) is 31.4. The summed E-state index contributed by atoms with van der Waals surface area (Å²) in [6, 6.07) is 5.51. The molecule has 0 aliphatic carbocycles. The van der Waals surface area contributed by atoms with Crippen LogP contribution in [-0.4, -0.2) is 79.5 Å². The zero-order valence-corrected chi connectivity index (χ0v) is 31.7. The predicted octanol–water partition coefficient (Wildman–Crippen LogP) is 8.32. The van der Waals surface area contributed by atoms with Gasteiger partial charge in [0.25, 0.3) is 0 Å². The Morgan fingerprint density at radius 2 is 1.74 bits per heavy atom. The van der Waals surface area contributed by atoms with E-state index in [0.29, 0.717) is 41.5 Å². The standard InChI is InChI=1S/C36H56N2O8Si/c1-14-43-30-20-29(45-25-21-36(10,31(39)40)38(22-25)32(41)46-33(2,3)4)26-18-24(28(42-11)19-27(26)37-30)16-15-17-35(8,9)23-44-47(12,13)34(5,6)7/h15-16,18-20,25H,14,17,21-23H2,1-13H3,(H,39,40)/t25-,36+/m1/s1. The van der Waals surface area contributed by atoms with E-state index in [-0.39, 0.29) is 23.4 Å². The predicted molar refractivity (Wildman–Crippen MR) is 188 cm³/mol. The number of fused-ring (bicyclic) bond motifs is 1. The smallest absolute Gasteiger partial charge is 0.411 e. The molecule has 1 fully saturated rings. The number of hydrogen-bond acceptors (Lipinski definition) is 8. The van der Waals surface area contributed by atoms with E-state index in [0.717, 1.165) is 12.0 Å². The number of aliphatic carboxylic acids is 1. The minimum absolute atomic E-state index is 0.0421. The number of pyridine rings is 1. The molecule has 1 aromatic carbocycles. The Hall–Kier alpha value is -3.31. The SMILES string of the molecule is CCOc1cc(O[C@H]2CN(C(=O)OC(C)(C)C)[C@](C)(C(=O)O)C2)c2cc(C=CCC(C)(C)CO[Si](C)(C)C(C)(C)C)c(OC)cc2n1. The van der Waals surface area contributed by atoms with Crippen LogP contribution in [0.25, 0.3) is 17.0 Å². The number of allylic oxidation sites excluding steroid dienone is 1. The molecule has 3 rings (SSSR count). The van der Waals surface area contributed by atoms with Gasteiger partial charge in [0.05, 0.1) is 25.8 Å². The molecule has 47 heavy (non-hydrogen) atoms. The Balaban J connectivity index is 1.95. The number of carbonyl (C=O) groups is 2. The van der Waals surface area contributed by atoms with Gasteiger partial charge in [0.2, 0.25) is 5.88 Å². The van der Waals surface area contributed by atoms with Gasteiger partial charge in [-0.25, -0.2) is 14.6 Å². The number of methoxy groups -OCH3 is 1. The first-order valence-electron chi connectivity index (χ1n) is 16.4. The van der Waals surface area contributed by atoms with Crippen molar-refractivity contribution < 1.29 is 38.1 Å². The second kappa shape index (κ2) is 14.0. The molecule has 0 unspecified atom stereocenters. The molecule has 1 N–H and O–H groups in total. The van der Waals surface area contributed by atoms with Crippen LogP contribution in [0.2, 0.25) is 18.1 Å². The van der Waals surface area contributed by atoms with E-state index in [1.807, 2.05) is 25.1 Å². The highest BCUT2D eigenvalue weighted by atomic mass is 28.4. The van der Waals surface area contributed by atoms with Gasteiger partial charge < -0.3 is 28.5 Å². The summed E-state index contributed by atoms with van der Waals surface area (Å²) in [6.45, 7) is 25.4. The fourth-order valence-corrected chi connectivity index (χ4v) is 6.26. The molecule has 262 valence electrons. The Morgan fingerprint density at radius 3 is 2.30 bits per heavy atom. The Bertz CT molecular complexity index is 1470. The van der Waals surface area contributed by atoms with Gasteiger partial charge in [0.1, 0.15) is 28.7 Å². The number of carboxylic acid groups (broad SMARTS) is 1. The van der Waals surface area contributed by atoms with Gasteiger partial charge in [-0.1, -0.05) is 46.8 Å². The quantitative estimate of drug-likeness (QED) is 0.222. The van der Waals surface area contributed by atoms with Crippen LogP contribution >= 0.6 is 0 Å². The molecule has 1 aromatic heterocycles. The van der Waals surface area contributed by atoms with Crippen molar-refractivity contribution in [3.8, 4) is 17.4 Å². The Labute approximate surface area is 281 Å². The molecule has 10 nitrogen and oxygen atoms in total. The average molecular weight is 673 g/mol. The van der Waals surface area contributed by atoms with Crippen LogP contribution in [0.5, 0.6) is 17.4 Å². The summed E-state index contributed by atoms with van der Waals surface area (Å²) in [6.07, 6.45) is 3.72. The van der Waals surface area contributed by atoms with Crippen molar-refractivity contribution in [2.45, 2.75) is 117 Å². The molecule has 0 spiro atoms. The number of benzene rings is 1. The molecule has 1 saturated heterocycles. The number of rotatable bonds is 12. The second-order valence-corrected chi connectivity index (χ2v) is 20.7. The summed E-state index contributed by atoms with van der Waals surface area (Å²) in [5.41, 5.74) is -0.909. The lowest BCUT2D eigenvalue weighted by molar-refractivity contribution is -0.148. The van der Waals surface area contributed by atoms with Gasteiger partial charge in [0.15, 0.2) is 8.32 Å². The van der Waals surface area contributed by atoms with E-state index in [2.05, 4.69) is 58.8 Å². The Morgan fingerprint density at radius 1 is 1.09 bits per heavy atom. The van der Waals surface area contributed by atoms with Gasteiger partial charge in [-0.05, 0) is 70.7 Å². The van der Waals surface area contributed by atoms with Gasteiger partial charge in [-0.2, -0.15) is 0 Å². The number of likely N-dealkylation sites (tertiary alicyclic amines) is 1. The minimum atomic E-state index is -1.87. The second-order valence-electron chi connectivity index (χ2n) is 15.9. The van der Waals surface area contributed by atoms with E-state index in [4.69, 9.17) is 23.4 Å². The molecule has 2 aromatic rings. The van der Waals surface area contributed by atoms with Crippen molar-refractivity contribution in [3.63, 3.8) is 0 Å². The highest BCUT2D eigenvalue weighted by Gasteiger charge is 2.52. The topological polar surface area (TPSA) is 117 Å². The first kappa shape index (κ1) is 38.1. The number of amides is 1. The fraction of sp³-hybridized carbons (Fsp3) is 0.639. The summed E-state index contributed by atoms with van der Waals surface area (Å²) in [5.74, 6) is 0.361. The van der Waals surface area contributed by atoms with Gasteiger partial charge in [-0.3, -0.25) is 4.90 Å². The van der Waals surface area contributed by atoms with Gasteiger partial charge in [0, 0.05) is 36.1 Å². The maximum atomic E-state index is 13.1. The first-order valence-corrected chi connectivity index (χ1v) is 19.3. The van der Waals surface area contributed by atoms with E-state index < -0.39 is 37.6 Å². The fourth-order valence-electron chi connectivity index (χ4n) is 5.08.